The molecule has 0 saturated heterocycles. The van der Waals surface area contributed by atoms with Crippen LogP contribution in [0.5, 0.6) is 0 Å². The highest BCUT2D eigenvalue weighted by molar-refractivity contribution is 9.09. The Balaban J connectivity index is 2.16. The van der Waals surface area contributed by atoms with Crippen molar-refractivity contribution in [3.8, 4) is 0 Å². The number of nitrogens with one attached hydrogen (secondary N) is 1. The van der Waals surface area contributed by atoms with Crippen LogP contribution in [0.25, 0.3) is 0 Å². The van der Waals surface area contributed by atoms with Gasteiger partial charge >= 0.3 is 6.09 Å². The zero-order chi connectivity index (χ0) is 17.8. The minimum absolute atomic E-state index is 0.333. The zero-order valence-electron chi connectivity index (χ0n) is 14.1. The van der Waals surface area contributed by atoms with Gasteiger partial charge in [0.15, 0.2) is 5.72 Å². The predicted octanol–water partition coefficient (Wildman–Crippen LogP) is 3.35. The average Bonchev–Trinajstić information content (AvgIpc) is 2.89. The Hall–Kier alpha value is -1.05. The SMILES string of the molecule is CC(C)(C)OC(=O)N[C@H](Cc1ccccc1)C1=NC(O)(CBr)CS1. The van der Waals surface area contributed by atoms with Crippen molar-refractivity contribution < 1.29 is 14.6 Å². The molecule has 5 nitrogen and oxygen atoms in total. The van der Waals surface area contributed by atoms with Crippen LogP contribution in [0.4, 0.5) is 4.79 Å². The summed E-state index contributed by atoms with van der Waals surface area (Å²) in [5.74, 6) is 0.467. The van der Waals surface area contributed by atoms with Crippen molar-refractivity contribution in [1.29, 1.82) is 0 Å². The topological polar surface area (TPSA) is 70.9 Å². The Kier molecular flexibility index (Phi) is 6.33. The third-order valence-electron chi connectivity index (χ3n) is 3.26. The van der Waals surface area contributed by atoms with Gasteiger partial charge in [0, 0.05) is 5.75 Å². The number of thioether (sulfide) groups is 1. The molecule has 2 rings (SSSR count). The molecule has 1 amide bonds. The molecule has 7 heteroatoms. The summed E-state index contributed by atoms with van der Waals surface area (Å²) in [7, 11) is 0. The molecule has 2 N–H and O–H groups in total. The molecule has 0 aliphatic carbocycles. The molecule has 1 aliphatic rings. The largest absolute Gasteiger partial charge is 0.444 e. The molecule has 1 heterocycles. The lowest BCUT2D eigenvalue weighted by molar-refractivity contribution is 0.0517. The lowest BCUT2D eigenvalue weighted by Gasteiger charge is -2.23. The Morgan fingerprint density at radius 2 is 2.12 bits per heavy atom. The lowest BCUT2D eigenvalue weighted by atomic mass is 10.1. The van der Waals surface area contributed by atoms with Crippen molar-refractivity contribution in [3.05, 3.63) is 35.9 Å². The first-order chi connectivity index (χ1) is 11.2. The van der Waals surface area contributed by atoms with E-state index in [1.165, 1.54) is 11.8 Å². The summed E-state index contributed by atoms with van der Waals surface area (Å²) >= 11 is 4.74. The number of carbonyl (C=O) groups is 1. The van der Waals surface area contributed by atoms with Gasteiger partial charge in [0.25, 0.3) is 0 Å². The van der Waals surface area contributed by atoms with Crippen molar-refractivity contribution in [2.45, 2.75) is 44.6 Å². The number of amides is 1. The fourth-order valence-electron chi connectivity index (χ4n) is 2.21. The molecular weight excluding hydrogens is 392 g/mol. The Morgan fingerprint density at radius 3 is 2.67 bits per heavy atom. The van der Waals surface area contributed by atoms with Crippen molar-refractivity contribution in [2.75, 3.05) is 11.1 Å². The number of hydrogen-bond acceptors (Lipinski definition) is 5. The van der Waals surface area contributed by atoms with Crippen LogP contribution in [0.1, 0.15) is 26.3 Å². The number of benzene rings is 1. The molecule has 0 saturated carbocycles. The number of aliphatic imine (C=N–C) groups is 1. The van der Waals surface area contributed by atoms with E-state index in [1.807, 2.05) is 51.1 Å². The maximum Gasteiger partial charge on any atom is 0.408 e. The fraction of sp³-hybridized carbons (Fsp3) is 0.529. The summed E-state index contributed by atoms with van der Waals surface area (Å²) in [4.78, 5) is 16.6. The first-order valence-electron chi connectivity index (χ1n) is 7.75. The second kappa shape index (κ2) is 7.89. The highest BCUT2D eigenvalue weighted by Gasteiger charge is 2.35. The third-order valence-corrected chi connectivity index (χ3v) is 5.43. The number of rotatable bonds is 5. The number of hydrogen-bond donors (Lipinski definition) is 2. The van der Waals surface area contributed by atoms with E-state index in [9.17, 15) is 9.90 Å². The number of aliphatic hydroxyl groups is 1. The first-order valence-corrected chi connectivity index (χ1v) is 9.86. The Bertz CT molecular complexity index is 604. The minimum atomic E-state index is -1.12. The number of alkyl halides is 1. The monoisotopic (exact) mass is 414 g/mol. The number of halogens is 1. The molecule has 2 atom stereocenters. The molecule has 0 radical (unpaired) electrons. The molecule has 0 bridgehead atoms. The van der Waals surface area contributed by atoms with E-state index >= 15 is 0 Å². The quantitative estimate of drug-likeness (QED) is 0.724. The summed E-state index contributed by atoms with van der Waals surface area (Å²) in [6, 6.07) is 9.53. The van der Waals surface area contributed by atoms with E-state index in [1.54, 1.807) is 0 Å². The number of nitrogens with zero attached hydrogens (tertiary/aromatic N) is 1. The molecule has 1 aromatic rings. The fourth-order valence-corrected chi connectivity index (χ4v) is 3.92. The van der Waals surface area contributed by atoms with Gasteiger partial charge in [0.05, 0.1) is 16.4 Å². The third kappa shape index (κ3) is 5.79. The second-order valence-corrected chi connectivity index (χ2v) is 8.30. The average molecular weight is 415 g/mol. The van der Waals surface area contributed by atoms with Crippen molar-refractivity contribution in [3.63, 3.8) is 0 Å². The van der Waals surface area contributed by atoms with Gasteiger partial charge in [0.1, 0.15) is 5.60 Å². The van der Waals surface area contributed by atoms with Gasteiger partial charge in [-0.25, -0.2) is 9.79 Å². The summed E-state index contributed by atoms with van der Waals surface area (Å²) in [5, 5.41) is 14.3. The van der Waals surface area contributed by atoms with Gasteiger partial charge in [-0.05, 0) is 32.8 Å². The summed E-state index contributed by atoms with van der Waals surface area (Å²) in [6.45, 7) is 5.47. The highest BCUT2D eigenvalue weighted by Crippen LogP contribution is 2.29. The van der Waals surface area contributed by atoms with Gasteiger partial charge in [0.2, 0.25) is 0 Å². The van der Waals surface area contributed by atoms with Gasteiger partial charge in [-0.1, -0.05) is 46.3 Å². The smallest absolute Gasteiger partial charge is 0.408 e. The maximum absolute atomic E-state index is 12.2. The molecule has 132 valence electrons. The Labute approximate surface area is 155 Å². The van der Waals surface area contributed by atoms with Crippen LogP contribution in [-0.2, 0) is 11.2 Å². The molecule has 24 heavy (non-hydrogen) atoms. The zero-order valence-corrected chi connectivity index (χ0v) is 16.5. The highest BCUT2D eigenvalue weighted by atomic mass is 79.9. The van der Waals surface area contributed by atoms with Crippen LogP contribution in [-0.4, -0.2) is 44.7 Å². The van der Waals surface area contributed by atoms with Gasteiger partial charge in [-0.15, -0.1) is 11.8 Å². The molecule has 1 aromatic carbocycles. The minimum Gasteiger partial charge on any atom is -0.444 e. The Morgan fingerprint density at radius 1 is 1.46 bits per heavy atom. The van der Waals surface area contributed by atoms with Gasteiger partial charge < -0.3 is 15.2 Å². The first kappa shape index (κ1) is 19.3. The van der Waals surface area contributed by atoms with Crippen molar-refractivity contribution in [1.82, 2.24) is 5.32 Å². The molecule has 0 fully saturated rings. The van der Waals surface area contributed by atoms with Crippen LogP contribution in [0, 0.1) is 0 Å². The maximum atomic E-state index is 12.2. The van der Waals surface area contributed by atoms with Crippen LogP contribution in [0.3, 0.4) is 0 Å². The summed E-state index contributed by atoms with van der Waals surface area (Å²) < 4.78 is 5.36. The van der Waals surface area contributed by atoms with E-state index in [0.717, 1.165) is 5.56 Å². The summed E-state index contributed by atoms with van der Waals surface area (Å²) in [5.41, 5.74) is -0.608. The van der Waals surface area contributed by atoms with E-state index in [0.29, 0.717) is 22.5 Å². The van der Waals surface area contributed by atoms with E-state index in [-0.39, 0.29) is 6.04 Å². The molecule has 0 aromatic heterocycles. The van der Waals surface area contributed by atoms with Crippen molar-refractivity contribution in [2.24, 2.45) is 4.99 Å². The van der Waals surface area contributed by atoms with Crippen LogP contribution >= 0.6 is 27.7 Å². The molecule has 1 unspecified atom stereocenters. The second-order valence-electron chi connectivity index (χ2n) is 6.74. The van der Waals surface area contributed by atoms with Gasteiger partial charge in [-0.2, -0.15) is 0 Å². The van der Waals surface area contributed by atoms with E-state index in [2.05, 4.69) is 26.2 Å². The van der Waals surface area contributed by atoms with Gasteiger partial charge in [-0.3, -0.25) is 0 Å². The molecule has 0 spiro atoms. The van der Waals surface area contributed by atoms with Crippen LogP contribution in [0.15, 0.2) is 35.3 Å². The number of ether oxygens (including phenoxy) is 1. The number of alkyl carbamates (subject to hydrolysis) is 1. The van der Waals surface area contributed by atoms with Crippen molar-refractivity contribution >= 4 is 38.8 Å². The number of carbonyl (C=O) groups excluding carboxylic acids is 1. The normalized spacial score (nSPS) is 22.0. The lowest BCUT2D eigenvalue weighted by Crippen LogP contribution is -2.43. The molecular formula is C17H23BrN2O3S. The van der Waals surface area contributed by atoms with Crippen LogP contribution in [0.2, 0.25) is 0 Å². The standard InChI is InChI=1S/C17H23BrN2O3S/c1-16(2,3)23-15(21)19-13(9-12-7-5-4-6-8-12)14-20-17(22,10-18)11-24-14/h4-8,13,22H,9-11H2,1-3H3,(H,19,21)/t13-,17?/m1/s1. The predicted molar refractivity (Wildman–Crippen MR) is 102 cm³/mol. The van der Waals surface area contributed by atoms with Crippen LogP contribution < -0.4 is 5.32 Å². The molecule has 1 aliphatic heterocycles. The summed E-state index contributed by atoms with van der Waals surface area (Å²) in [6.07, 6.45) is 0.102. The van der Waals surface area contributed by atoms with E-state index < -0.39 is 17.4 Å². The van der Waals surface area contributed by atoms with E-state index in [4.69, 9.17) is 4.74 Å².